The molecule has 2 aromatic rings. The molecule has 2 amide bonds. The van der Waals surface area contributed by atoms with Crippen molar-refractivity contribution in [3.63, 3.8) is 0 Å². The molecule has 1 heterocycles. The molecule has 6 rings (SSSR count). The third-order valence-electron chi connectivity index (χ3n) is 8.20. The zero-order valence-electron chi connectivity index (χ0n) is 20.6. The van der Waals surface area contributed by atoms with Crippen molar-refractivity contribution in [2.24, 2.45) is 17.8 Å². The van der Waals surface area contributed by atoms with Crippen molar-refractivity contribution in [2.45, 2.75) is 25.7 Å². The van der Waals surface area contributed by atoms with Crippen LogP contribution in [0.3, 0.4) is 0 Å². The molecule has 39 heavy (non-hydrogen) atoms. The number of imide groups is 1. The summed E-state index contributed by atoms with van der Waals surface area (Å²) in [6, 6.07) is 10.3. The van der Waals surface area contributed by atoms with E-state index in [1.807, 2.05) is 6.08 Å². The number of Topliss-reactive ketones (excluding diaryl/α,β-unsaturated/α-hetero) is 1. The van der Waals surface area contributed by atoms with Gasteiger partial charge < -0.3 is 5.11 Å². The minimum Gasteiger partial charge on any atom is -0.508 e. The third kappa shape index (κ3) is 3.73. The van der Waals surface area contributed by atoms with Crippen LogP contribution in [-0.2, 0) is 19.2 Å². The first-order valence-corrected chi connectivity index (χ1v) is 13.2. The predicted molar refractivity (Wildman–Crippen MR) is 143 cm³/mol. The van der Waals surface area contributed by atoms with E-state index in [1.54, 1.807) is 25.1 Å². The lowest BCUT2D eigenvalue weighted by Crippen LogP contribution is -2.39. The number of non-ortho nitro benzene ring substituents is 1. The molecule has 9 nitrogen and oxygen atoms in total. The summed E-state index contributed by atoms with van der Waals surface area (Å²) in [4.78, 5) is 65.5. The van der Waals surface area contributed by atoms with Crippen LogP contribution in [0.25, 0.3) is 0 Å². The van der Waals surface area contributed by atoms with Gasteiger partial charge in [-0.25, -0.2) is 0 Å². The van der Waals surface area contributed by atoms with Crippen LogP contribution in [0.1, 0.15) is 29.9 Å². The number of aryl methyl sites for hydroxylation is 1. The van der Waals surface area contributed by atoms with Crippen LogP contribution in [0.2, 0.25) is 0 Å². The van der Waals surface area contributed by atoms with Gasteiger partial charge in [-0.1, -0.05) is 23.8 Å². The van der Waals surface area contributed by atoms with Gasteiger partial charge >= 0.3 is 0 Å². The number of aromatic hydroxyl groups is 1. The molecule has 3 aliphatic carbocycles. The molecule has 4 aliphatic rings. The first kappa shape index (κ1) is 25.1. The highest BCUT2D eigenvalue weighted by molar-refractivity contribution is 9.12. The summed E-state index contributed by atoms with van der Waals surface area (Å²) in [7, 11) is 0. The topological polar surface area (TPSA) is 135 Å². The van der Waals surface area contributed by atoms with Crippen LogP contribution >= 0.6 is 15.9 Å². The van der Waals surface area contributed by atoms with Gasteiger partial charge in [0, 0.05) is 35.3 Å². The highest BCUT2D eigenvalue weighted by Crippen LogP contribution is 2.55. The van der Waals surface area contributed by atoms with Gasteiger partial charge in [0.1, 0.15) is 5.75 Å². The molecular formula is C29H21BrN2O7. The fraction of sp³-hybridized carbons (Fsp3) is 0.241. The van der Waals surface area contributed by atoms with Crippen molar-refractivity contribution in [3.8, 4) is 5.75 Å². The Labute approximate surface area is 230 Å². The number of fused-ring (bicyclic) bond motifs is 3. The fourth-order valence-electron chi connectivity index (χ4n) is 6.42. The van der Waals surface area contributed by atoms with Gasteiger partial charge in [-0.3, -0.25) is 34.2 Å². The molecule has 10 heteroatoms. The Bertz CT molecular complexity index is 1620. The lowest BCUT2D eigenvalue weighted by Gasteiger charge is -2.42. The van der Waals surface area contributed by atoms with Crippen molar-refractivity contribution >= 4 is 50.7 Å². The van der Waals surface area contributed by atoms with Crippen molar-refractivity contribution < 1.29 is 29.2 Å². The third-order valence-corrected chi connectivity index (χ3v) is 8.79. The standard InChI is InChI=1S/C29H21BrN2O7/c1-13-10-14(2-9-22(13)33)24-17-7-8-18-25(19(17)11-20-26(24)23(34)12-21(30)27(20)35)29(37)31(28(18)36)15-3-5-16(6-4-15)32(38)39/h2-7,9-10,12,18-19,24-25,33H,8,11H2,1H3/t18-,19+,24-,25-/m0/s1. The van der Waals surface area contributed by atoms with E-state index in [1.165, 1.54) is 30.3 Å². The van der Waals surface area contributed by atoms with Gasteiger partial charge in [-0.2, -0.15) is 0 Å². The fourth-order valence-corrected chi connectivity index (χ4v) is 6.87. The van der Waals surface area contributed by atoms with Gasteiger partial charge in [0.25, 0.3) is 5.69 Å². The molecule has 2 aromatic carbocycles. The molecule has 0 aromatic heterocycles. The number of carbonyl (C=O) groups excluding carboxylic acids is 4. The lowest BCUT2D eigenvalue weighted by molar-refractivity contribution is -0.384. The van der Waals surface area contributed by atoms with Crippen LogP contribution < -0.4 is 4.90 Å². The van der Waals surface area contributed by atoms with Gasteiger partial charge in [0.15, 0.2) is 11.6 Å². The van der Waals surface area contributed by atoms with Crippen molar-refractivity contribution in [1.29, 1.82) is 0 Å². The summed E-state index contributed by atoms with van der Waals surface area (Å²) in [5, 5.41) is 21.2. The van der Waals surface area contributed by atoms with Crippen LogP contribution in [0.15, 0.2) is 75.8 Å². The molecule has 0 unspecified atom stereocenters. The number of phenols is 1. The van der Waals surface area contributed by atoms with E-state index in [-0.39, 0.29) is 46.0 Å². The smallest absolute Gasteiger partial charge is 0.269 e. The number of hydrogen-bond donors (Lipinski definition) is 1. The number of carbonyl (C=O) groups is 4. The Kier molecular flexibility index (Phi) is 5.76. The number of amides is 2. The lowest BCUT2D eigenvalue weighted by atomic mass is 9.59. The maximum Gasteiger partial charge on any atom is 0.269 e. The Morgan fingerprint density at radius 3 is 2.41 bits per heavy atom. The van der Waals surface area contributed by atoms with Gasteiger partial charge in [0.05, 0.1) is 26.9 Å². The molecule has 1 N–H and O–H groups in total. The van der Waals surface area contributed by atoms with E-state index in [2.05, 4.69) is 15.9 Å². The van der Waals surface area contributed by atoms with Crippen molar-refractivity contribution in [2.75, 3.05) is 4.90 Å². The molecule has 0 saturated carbocycles. The van der Waals surface area contributed by atoms with E-state index in [0.29, 0.717) is 22.3 Å². The van der Waals surface area contributed by atoms with E-state index in [0.717, 1.165) is 10.5 Å². The first-order chi connectivity index (χ1) is 18.6. The Hall–Kier alpha value is -4.18. The first-order valence-electron chi connectivity index (χ1n) is 12.4. The number of ketones is 2. The number of phenolic OH excluding ortho intramolecular Hbond substituents is 1. The number of nitro benzene ring substituents is 1. The minimum atomic E-state index is -0.755. The molecule has 196 valence electrons. The van der Waals surface area contributed by atoms with Crippen molar-refractivity contribution in [3.05, 3.63) is 97.1 Å². The Morgan fingerprint density at radius 2 is 1.74 bits per heavy atom. The Balaban J connectivity index is 1.46. The van der Waals surface area contributed by atoms with E-state index in [9.17, 15) is 34.4 Å². The van der Waals surface area contributed by atoms with Gasteiger partial charge in [-0.15, -0.1) is 0 Å². The number of benzene rings is 2. The largest absolute Gasteiger partial charge is 0.508 e. The number of allylic oxidation sites excluding steroid dienone is 6. The van der Waals surface area contributed by atoms with Gasteiger partial charge in [0.2, 0.25) is 11.8 Å². The maximum absolute atomic E-state index is 13.9. The van der Waals surface area contributed by atoms with Crippen LogP contribution in [-0.4, -0.2) is 33.4 Å². The molecule has 1 aliphatic heterocycles. The zero-order chi connectivity index (χ0) is 27.7. The summed E-state index contributed by atoms with van der Waals surface area (Å²) in [6.07, 6.45) is 3.60. The number of anilines is 1. The van der Waals surface area contributed by atoms with Crippen LogP contribution in [0, 0.1) is 34.8 Å². The molecule has 0 spiro atoms. The number of nitro groups is 1. The second-order valence-corrected chi connectivity index (χ2v) is 11.1. The second-order valence-electron chi connectivity index (χ2n) is 10.2. The van der Waals surface area contributed by atoms with E-state index >= 15 is 0 Å². The SMILES string of the molecule is Cc1cc([C@H]2C3=CC[C@@H]4C(=O)N(c5ccc([N+](=O)[O-])cc5)C(=O)[C@@H]4[C@@H]3CC3=C2C(=O)C=C(Br)C3=O)ccc1O. The average molecular weight is 589 g/mol. The maximum atomic E-state index is 13.9. The molecule has 1 saturated heterocycles. The summed E-state index contributed by atoms with van der Waals surface area (Å²) in [5.74, 6) is -3.86. The minimum absolute atomic E-state index is 0.0991. The second kappa shape index (κ2) is 8.94. The molecule has 0 bridgehead atoms. The zero-order valence-corrected chi connectivity index (χ0v) is 22.2. The summed E-state index contributed by atoms with van der Waals surface area (Å²) in [6.45, 7) is 1.74. The summed E-state index contributed by atoms with van der Waals surface area (Å²) in [5.41, 5.74) is 2.90. The number of halogens is 1. The molecule has 4 atom stereocenters. The average Bonchev–Trinajstić information content (AvgIpc) is 3.17. The quantitative estimate of drug-likeness (QED) is 0.182. The molecule has 1 fully saturated rings. The summed E-state index contributed by atoms with van der Waals surface area (Å²) < 4.78 is 0.146. The van der Waals surface area contributed by atoms with E-state index in [4.69, 9.17) is 0 Å². The highest BCUT2D eigenvalue weighted by atomic mass is 79.9. The summed E-state index contributed by atoms with van der Waals surface area (Å²) >= 11 is 3.21. The highest BCUT2D eigenvalue weighted by Gasteiger charge is 2.56. The van der Waals surface area contributed by atoms with Crippen LogP contribution in [0.5, 0.6) is 5.75 Å². The molecular weight excluding hydrogens is 568 g/mol. The normalized spacial score (nSPS) is 26.2. The van der Waals surface area contributed by atoms with Crippen LogP contribution in [0.4, 0.5) is 11.4 Å². The van der Waals surface area contributed by atoms with Crippen molar-refractivity contribution in [1.82, 2.24) is 0 Å². The molecule has 0 radical (unpaired) electrons. The number of rotatable bonds is 3. The number of hydrogen-bond acceptors (Lipinski definition) is 7. The monoisotopic (exact) mass is 588 g/mol. The Morgan fingerprint density at radius 1 is 1.03 bits per heavy atom. The number of nitrogens with zero attached hydrogens (tertiary/aromatic N) is 2. The van der Waals surface area contributed by atoms with E-state index < -0.39 is 40.4 Å². The predicted octanol–water partition coefficient (Wildman–Crippen LogP) is 4.58. The van der Waals surface area contributed by atoms with Gasteiger partial charge in [-0.05, 0) is 70.9 Å².